The zero-order chi connectivity index (χ0) is 16.5. The van der Waals surface area contributed by atoms with Crippen LogP contribution >= 0.6 is 0 Å². The Hall–Kier alpha value is -2.46. The van der Waals surface area contributed by atoms with Gasteiger partial charge in [-0.2, -0.15) is 0 Å². The van der Waals surface area contributed by atoms with E-state index >= 15 is 0 Å². The number of nitrogens with two attached hydrogens (primary N) is 1. The van der Waals surface area contributed by atoms with Crippen LogP contribution in [0.5, 0.6) is 0 Å². The highest BCUT2D eigenvalue weighted by molar-refractivity contribution is 5.81. The van der Waals surface area contributed by atoms with Crippen molar-refractivity contribution >= 4 is 12.1 Å². The number of carbonyl (C=O) groups excluding carboxylic acids is 1. The van der Waals surface area contributed by atoms with Crippen LogP contribution in [0.2, 0.25) is 0 Å². The predicted octanol–water partition coefficient (Wildman–Crippen LogP) is 2.31. The van der Waals surface area contributed by atoms with Crippen molar-refractivity contribution in [3.8, 4) is 0 Å². The third-order valence-corrected chi connectivity index (χ3v) is 3.65. The van der Waals surface area contributed by atoms with Crippen LogP contribution in [0.3, 0.4) is 0 Å². The summed E-state index contributed by atoms with van der Waals surface area (Å²) in [5.41, 5.74) is 9.25. The Balaban J connectivity index is 1.77. The highest BCUT2D eigenvalue weighted by Crippen LogP contribution is 2.05. The normalized spacial score (nSPS) is 12.3. The molecule has 0 aliphatic heterocycles. The molecule has 2 rings (SSSR count). The summed E-state index contributed by atoms with van der Waals surface area (Å²) < 4.78 is 0. The molecule has 0 aliphatic carbocycles. The third-order valence-electron chi connectivity index (χ3n) is 3.65. The third kappa shape index (κ3) is 5.68. The number of nitrogens with zero attached hydrogens (tertiary/aromatic N) is 1. The summed E-state index contributed by atoms with van der Waals surface area (Å²) >= 11 is 0. The molecule has 4 nitrogen and oxygen atoms in total. The van der Waals surface area contributed by atoms with Gasteiger partial charge in [0.05, 0.1) is 6.04 Å². The van der Waals surface area contributed by atoms with Crippen molar-refractivity contribution in [2.75, 3.05) is 7.05 Å². The summed E-state index contributed by atoms with van der Waals surface area (Å²) in [6, 6.07) is 17.5. The van der Waals surface area contributed by atoms with E-state index in [0.717, 1.165) is 17.5 Å². The lowest BCUT2D eigenvalue weighted by Crippen LogP contribution is -2.40. The average molecular weight is 309 g/mol. The monoisotopic (exact) mass is 309 g/mol. The van der Waals surface area contributed by atoms with Crippen molar-refractivity contribution in [1.82, 2.24) is 5.32 Å². The number of rotatable bonds is 7. The minimum Gasteiger partial charge on any atom is -0.351 e. The van der Waals surface area contributed by atoms with E-state index < -0.39 is 6.04 Å². The minimum absolute atomic E-state index is 0.111. The quantitative estimate of drug-likeness (QED) is 0.771. The maximum atomic E-state index is 12.0. The van der Waals surface area contributed by atoms with Gasteiger partial charge in [-0.3, -0.25) is 9.79 Å². The zero-order valence-electron chi connectivity index (χ0n) is 13.4. The second kappa shape index (κ2) is 8.86. The van der Waals surface area contributed by atoms with E-state index in [1.54, 1.807) is 13.3 Å². The average Bonchev–Trinajstić information content (AvgIpc) is 2.60. The molecule has 1 atom stereocenters. The highest BCUT2D eigenvalue weighted by Gasteiger charge is 2.12. The second-order valence-electron chi connectivity index (χ2n) is 5.48. The van der Waals surface area contributed by atoms with Gasteiger partial charge in [-0.15, -0.1) is 0 Å². The van der Waals surface area contributed by atoms with Crippen LogP contribution in [-0.4, -0.2) is 25.2 Å². The van der Waals surface area contributed by atoms with Crippen LogP contribution in [0.4, 0.5) is 0 Å². The maximum Gasteiger partial charge on any atom is 0.237 e. The summed E-state index contributed by atoms with van der Waals surface area (Å²) in [7, 11) is 1.74. The molecular formula is C19H23N3O. The molecule has 0 saturated carbocycles. The van der Waals surface area contributed by atoms with E-state index in [1.807, 2.05) is 54.6 Å². The Labute approximate surface area is 137 Å². The Morgan fingerprint density at radius 2 is 1.83 bits per heavy atom. The van der Waals surface area contributed by atoms with Gasteiger partial charge in [-0.1, -0.05) is 54.6 Å². The molecule has 0 fully saturated rings. The molecular weight excluding hydrogens is 286 g/mol. The zero-order valence-corrected chi connectivity index (χ0v) is 13.4. The molecule has 2 aromatic carbocycles. The fourth-order valence-electron chi connectivity index (χ4n) is 2.29. The number of nitrogens with one attached hydrogen (secondary N) is 1. The Bertz CT molecular complexity index is 635. The van der Waals surface area contributed by atoms with Gasteiger partial charge in [0.1, 0.15) is 0 Å². The highest BCUT2D eigenvalue weighted by atomic mass is 16.2. The first-order chi connectivity index (χ1) is 11.2. The Morgan fingerprint density at radius 1 is 1.13 bits per heavy atom. The molecule has 120 valence electrons. The van der Waals surface area contributed by atoms with Crippen LogP contribution in [-0.2, 0) is 17.8 Å². The molecule has 3 N–H and O–H groups in total. The van der Waals surface area contributed by atoms with E-state index in [9.17, 15) is 4.79 Å². The van der Waals surface area contributed by atoms with Crippen LogP contribution in [0, 0.1) is 0 Å². The van der Waals surface area contributed by atoms with Gasteiger partial charge >= 0.3 is 0 Å². The number of amides is 1. The lowest BCUT2D eigenvalue weighted by molar-refractivity contribution is -0.122. The van der Waals surface area contributed by atoms with Crippen LogP contribution < -0.4 is 11.1 Å². The van der Waals surface area contributed by atoms with E-state index in [4.69, 9.17) is 5.73 Å². The molecule has 0 spiro atoms. The molecule has 0 radical (unpaired) electrons. The van der Waals surface area contributed by atoms with Gasteiger partial charge in [0.25, 0.3) is 0 Å². The molecule has 0 heterocycles. The fraction of sp³-hybridized carbons (Fsp3) is 0.263. The Kier molecular flexibility index (Phi) is 6.51. The van der Waals surface area contributed by atoms with E-state index in [2.05, 4.69) is 10.3 Å². The summed E-state index contributed by atoms with van der Waals surface area (Å²) in [6.45, 7) is 0.488. The number of aryl methyl sites for hydroxylation is 1. The minimum atomic E-state index is -0.485. The number of benzene rings is 2. The van der Waals surface area contributed by atoms with Gasteiger partial charge in [-0.25, -0.2) is 0 Å². The number of aliphatic imine (C=N–C) groups is 1. The van der Waals surface area contributed by atoms with Gasteiger partial charge in [0.2, 0.25) is 5.91 Å². The maximum absolute atomic E-state index is 12.0. The van der Waals surface area contributed by atoms with Gasteiger partial charge in [-0.05, 0) is 29.5 Å². The van der Waals surface area contributed by atoms with Crippen LogP contribution in [0.25, 0.3) is 0 Å². The molecule has 23 heavy (non-hydrogen) atoms. The molecule has 4 heteroatoms. The number of hydrogen-bond donors (Lipinski definition) is 2. The second-order valence-corrected chi connectivity index (χ2v) is 5.48. The summed E-state index contributed by atoms with van der Waals surface area (Å²) in [5.74, 6) is -0.111. The van der Waals surface area contributed by atoms with E-state index in [1.165, 1.54) is 5.56 Å². The predicted molar refractivity (Wildman–Crippen MR) is 94.5 cm³/mol. The van der Waals surface area contributed by atoms with Crippen molar-refractivity contribution in [3.63, 3.8) is 0 Å². The molecule has 0 bridgehead atoms. The van der Waals surface area contributed by atoms with Crippen molar-refractivity contribution in [2.24, 2.45) is 10.7 Å². The first-order valence-electron chi connectivity index (χ1n) is 7.77. The topological polar surface area (TPSA) is 67.5 Å². The largest absolute Gasteiger partial charge is 0.351 e. The number of carbonyl (C=O) groups is 1. The molecule has 1 amide bonds. The lowest BCUT2D eigenvalue weighted by Gasteiger charge is -2.12. The summed E-state index contributed by atoms with van der Waals surface area (Å²) in [6.07, 6.45) is 3.24. The van der Waals surface area contributed by atoms with Gasteiger partial charge in [0, 0.05) is 19.8 Å². The fourth-order valence-corrected chi connectivity index (χ4v) is 2.29. The van der Waals surface area contributed by atoms with Crippen molar-refractivity contribution in [2.45, 2.75) is 25.4 Å². The van der Waals surface area contributed by atoms with Crippen molar-refractivity contribution < 1.29 is 4.79 Å². The van der Waals surface area contributed by atoms with Gasteiger partial charge in [0.15, 0.2) is 0 Å². The first-order valence-corrected chi connectivity index (χ1v) is 7.77. The smallest absolute Gasteiger partial charge is 0.237 e. The van der Waals surface area contributed by atoms with E-state index in [-0.39, 0.29) is 5.91 Å². The van der Waals surface area contributed by atoms with Crippen molar-refractivity contribution in [3.05, 3.63) is 71.3 Å². The van der Waals surface area contributed by atoms with Crippen molar-refractivity contribution in [1.29, 1.82) is 0 Å². The SMILES string of the molecule is C/N=C/c1ccc(CNC(=O)[C@@H](N)CCc2ccccc2)cc1. The lowest BCUT2D eigenvalue weighted by atomic mass is 10.1. The summed E-state index contributed by atoms with van der Waals surface area (Å²) in [4.78, 5) is 16.0. The van der Waals surface area contributed by atoms with Gasteiger partial charge < -0.3 is 11.1 Å². The standard InChI is InChI=1S/C19H23N3O/c1-21-13-16-7-9-17(10-8-16)14-22-19(23)18(20)12-11-15-5-3-2-4-6-15/h2-10,13,18H,11-12,14,20H2,1H3,(H,22,23)/b21-13+/t18-/m0/s1. The van der Waals surface area contributed by atoms with Crippen LogP contribution in [0.15, 0.2) is 59.6 Å². The summed E-state index contributed by atoms with van der Waals surface area (Å²) in [5, 5.41) is 2.89. The molecule has 0 aromatic heterocycles. The van der Waals surface area contributed by atoms with E-state index in [0.29, 0.717) is 13.0 Å². The first kappa shape index (κ1) is 16.9. The molecule has 0 saturated heterocycles. The molecule has 0 aliphatic rings. The Morgan fingerprint density at radius 3 is 2.48 bits per heavy atom. The number of hydrogen-bond acceptors (Lipinski definition) is 3. The van der Waals surface area contributed by atoms with Crippen LogP contribution in [0.1, 0.15) is 23.1 Å². The molecule has 2 aromatic rings. The molecule has 0 unspecified atom stereocenters.